The summed E-state index contributed by atoms with van der Waals surface area (Å²) in [5.74, 6) is 0.0454. The van der Waals surface area contributed by atoms with Crippen LogP contribution in [0.15, 0.2) is 28.8 Å². The van der Waals surface area contributed by atoms with Crippen LogP contribution in [0.25, 0.3) is 0 Å². The van der Waals surface area contributed by atoms with Crippen LogP contribution in [0, 0.1) is 12.7 Å². The van der Waals surface area contributed by atoms with Crippen LogP contribution in [0.2, 0.25) is 0 Å². The fraction of sp³-hybridized carbons (Fsp3) is 0.476. The first-order valence-electron chi connectivity index (χ1n) is 9.44. The molecule has 1 aliphatic heterocycles. The summed E-state index contributed by atoms with van der Waals surface area (Å²) in [6.07, 6.45) is 0. The number of carbonyl (C=O) groups is 2. The molecule has 2 heterocycles. The molecule has 0 atom stereocenters. The van der Waals surface area contributed by atoms with E-state index in [2.05, 4.69) is 5.16 Å². The lowest BCUT2D eigenvalue weighted by molar-refractivity contribution is 0.0621. The SMILES string of the molecule is Cc1onc(C(C)(C)C)c1C(=O)N1CCN(CC(=O)c2ccc(F)cc2)CC1. The molecule has 0 unspecified atom stereocenters. The Labute approximate surface area is 164 Å². The van der Waals surface area contributed by atoms with Gasteiger partial charge in [0.15, 0.2) is 5.78 Å². The van der Waals surface area contributed by atoms with E-state index in [1.165, 1.54) is 24.3 Å². The third-order valence-electron chi connectivity index (χ3n) is 4.98. The van der Waals surface area contributed by atoms with Crippen molar-refractivity contribution in [1.82, 2.24) is 15.0 Å². The van der Waals surface area contributed by atoms with Crippen molar-refractivity contribution in [2.24, 2.45) is 0 Å². The van der Waals surface area contributed by atoms with Gasteiger partial charge in [0.2, 0.25) is 0 Å². The number of ketones is 1. The number of benzene rings is 1. The highest BCUT2D eigenvalue weighted by Crippen LogP contribution is 2.28. The van der Waals surface area contributed by atoms with Crippen molar-refractivity contribution in [1.29, 1.82) is 0 Å². The number of carbonyl (C=O) groups excluding carboxylic acids is 2. The van der Waals surface area contributed by atoms with Crippen molar-refractivity contribution in [3.63, 3.8) is 0 Å². The number of aryl methyl sites for hydroxylation is 1. The Balaban J connectivity index is 1.61. The highest BCUT2D eigenvalue weighted by Gasteiger charge is 2.32. The molecule has 1 aromatic carbocycles. The molecule has 28 heavy (non-hydrogen) atoms. The minimum Gasteiger partial charge on any atom is -0.361 e. The van der Waals surface area contributed by atoms with Crippen LogP contribution in [-0.2, 0) is 5.41 Å². The van der Waals surface area contributed by atoms with Crippen LogP contribution >= 0.6 is 0 Å². The molecule has 0 N–H and O–H groups in total. The van der Waals surface area contributed by atoms with E-state index in [4.69, 9.17) is 4.52 Å². The molecule has 3 rings (SSSR count). The van der Waals surface area contributed by atoms with Gasteiger partial charge in [0.05, 0.1) is 6.54 Å². The lowest BCUT2D eigenvalue weighted by Gasteiger charge is -2.34. The molecule has 7 heteroatoms. The Morgan fingerprint density at radius 3 is 2.29 bits per heavy atom. The summed E-state index contributed by atoms with van der Waals surface area (Å²) < 4.78 is 18.3. The zero-order chi connectivity index (χ0) is 20.5. The van der Waals surface area contributed by atoms with E-state index in [0.29, 0.717) is 48.8 Å². The maximum atomic E-state index is 13.0. The highest BCUT2D eigenvalue weighted by molar-refractivity contribution is 5.98. The maximum absolute atomic E-state index is 13.0. The quantitative estimate of drug-likeness (QED) is 0.755. The van der Waals surface area contributed by atoms with Crippen molar-refractivity contribution in [2.45, 2.75) is 33.1 Å². The largest absolute Gasteiger partial charge is 0.361 e. The van der Waals surface area contributed by atoms with E-state index in [9.17, 15) is 14.0 Å². The second-order valence-corrected chi connectivity index (χ2v) is 8.21. The van der Waals surface area contributed by atoms with Gasteiger partial charge in [-0.15, -0.1) is 0 Å². The van der Waals surface area contributed by atoms with Gasteiger partial charge < -0.3 is 9.42 Å². The predicted molar refractivity (Wildman–Crippen MR) is 103 cm³/mol. The van der Waals surface area contributed by atoms with Crippen LogP contribution in [0.1, 0.15) is 52.9 Å². The van der Waals surface area contributed by atoms with Gasteiger partial charge in [-0.1, -0.05) is 25.9 Å². The number of aromatic nitrogens is 1. The van der Waals surface area contributed by atoms with E-state index in [-0.39, 0.29) is 29.5 Å². The zero-order valence-corrected chi connectivity index (χ0v) is 16.8. The van der Waals surface area contributed by atoms with Crippen molar-refractivity contribution >= 4 is 11.7 Å². The summed E-state index contributed by atoms with van der Waals surface area (Å²) in [6.45, 7) is 10.3. The summed E-state index contributed by atoms with van der Waals surface area (Å²) in [7, 11) is 0. The van der Waals surface area contributed by atoms with E-state index in [0.717, 1.165) is 0 Å². The Bertz CT molecular complexity index is 860. The first-order chi connectivity index (χ1) is 13.2. The predicted octanol–water partition coefficient (Wildman–Crippen LogP) is 3.06. The van der Waals surface area contributed by atoms with E-state index < -0.39 is 0 Å². The molecular weight excluding hydrogens is 361 g/mol. The van der Waals surface area contributed by atoms with Crippen molar-refractivity contribution in [2.75, 3.05) is 32.7 Å². The molecule has 1 aromatic heterocycles. The molecule has 0 radical (unpaired) electrons. The second kappa shape index (κ2) is 7.83. The first kappa shape index (κ1) is 20.2. The van der Waals surface area contributed by atoms with Gasteiger partial charge in [-0.2, -0.15) is 0 Å². The van der Waals surface area contributed by atoms with E-state index in [1.807, 2.05) is 25.7 Å². The third-order valence-corrected chi connectivity index (χ3v) is 4.98. The number of piperazine rings is 1. The fourth-order valence-electron chi connectivity index (χ4n) is 3.33. The average molecular weight is 387 g/mol. The smallest absolute Gasteiger partial charge is 0.259 e. The summed E-state index contributed by atoms with van der Waals surface area (Å²) in [6, 6.07) is 5.58. The van der Waals surface area contributed by atoms with E-state index >= 15 is 0 Å². The first-order valence-corrected chi connectivity index (χ1v) is 9.44. The van der Waals surface area contributed by atoms with Gasteiger partial charge in [0.25, 0.3) is 5.91 Å². The zero-order valence-electron chi connectivity index (χ0n) is 16.8. The number of hydrogen-bond acceptors (Lipinski definition) is 5. The third kappa shape index (κ3) is 4.30. The van der Waals surface area contributed by atoms with Crippen LogP contribution in [0.4, 0.5) is 4.39 Å². The van der Waals surface area contributed by atoms with Gasteiger partial charge in [-0.25, -0.2) is 4.39 Å². The number of nitrogens with zero attached hydrogens (tertiary/aromatic N) is 3. The summed E-state index contributed by atoms with van der Waals surface area (Å²) in [5, 5.41) is 4.09. The molecule has 0 saturated carbocycles. The molecule has 1 amide bonds. The highest BCUT2D eigenvalue weighted by atomic mass is 19.1. The van der Waals surface area contributed by atoms with Crippen LogP contribution < -0.4 is 0 Å². The summed E-state index contributed by atoms with van der Waals surface area (Å²) >= 11 is 0. The normalized spacial score (nSPS) is 15.7. The lowest BCUT2D eigenvalue weighted by atomic mass is 9.88. The minimum atomic E-state index is -0.359. The molecule has 0 aliphatic carbocycles. The van der Waals surface area contributed by atoms with Crippen LogP contribution in [-0.4, -0.2) is 59.4 Å². The van der Waals surface area contributed by atoms with Crippen LogP contribution in [0.5, 0.6) is 0 Å². The Kier molecular flexibility index (Phi) is 5.65. The summed E-state index contributed by atoms with van der Waals surface area (Å²) in [4.78, 5) is 29.2. The molecule has 150 valence electrons. The second-order valence-electron chi connectivity index (χ2n) is 8.21. The topological polar surface area (TPSA) is 66.7 Å². The monoisotopic (exact) mass is 387 g/mol. The van der Waals surface area contributed by atoms with Crippen molar-refractivity contribution in [3.05, 3.63) is 52.7 Å². The standard InChI is InChI=1S/C21H26FN3O3/c1-14-18(19(23-28-14)21(2,3)4)20(27)25-11-9-24(10-12-25)13-17(26)15-5-7-16(22)8-6-15/h5-8H,9-13H2,1-4H3. The molecule has 0 bridgehead atoms. The lowest BCUT2D eigenvalue weighted by Crippen LogP contribution is -2.50. The Morgan fingerprint density at radius 1 is 1.11 bits per heavy atom. The van der Waals surface area contributed by atoms with Gasteiger partial charge >= 0.3 is 0 Å². The van der Waals surface area contributed by atoms with Crippen LogP contribution in [0.3, 0.4) is 0 Å². The Morgan fingerprint density at radius 2 is 1.71 bits per heavy atom. The fourth-order valence-corrected chi connectivity index (χ4v) is 3.33. The van der Waals surface area contributed by atoms with Crippen molar-refractivity contribution < 1.29 is 18.5 Å². The molecular formula is C21H26FN3O3. The number of halogens is 1. The van der Waals surface area contributed by atoms with E-state index in [1.54, 1.807) is 11.8 Å². The molecule has 1 aliphatic rings. The number of Topliss-reactive ketones (excluding diaryl/α,β-unsaturated/α-hetero) is 1. The van der Waals surface area contributed by atoms with Crippen molar-refractivity contribution in [3.8, 4) is 0 Å². The van der Waals surface area contributed by atoms with Gasteiger partial charge in [0, 0.05) is 37.2 Å². The molecule has 1 saturated heterocycles. The number of amides is 1. The Hall–Kier alpha value is -2.54. The van der Waals surface area contributed by atoms with Gasteiger partial charge in [-0.05, 0) is 31.2 Å². The molecule has 2 aromatic rings. The molecule has 1 fully saturated rings. The number of hydrogen-bond donors (Lipinski definition) is 0. The van der Waals surface area contributed by atoms with Gasteiger partial charge in [-0.3, -0.25) is 14.5 Å². The molecule has 6 nitrogen and oxygen atoms in total. The van der Waals surface area contributed by atoms with Gasteiger partial charge in [0.1, 0.15) is 22.8 Å². The molecule has 0 spiro atoms. The number of rotatable bonds is 4. The summed E-state index contributed by atoms with van der Waals surface area (Å²) in [5.41, 5.74) is 1.42. The average Bonchev–Trinajstić information content (AvgIpc) is 3.04. The maximum Gasteiger partial charge on any atom is 0.259 e. The minimum absolute atomic E-state index is 0.0512.